The minimum atomic E-state index is -0.424. The van der Waals surface area contributed by atoms with Gasteiger partial charge in [-0.2, -0.15) is 0 Å². The maximum atomic E-state index is 12.9. The van der Waals surface area contributed by atoms with Crippen molar-refractivity contribution >= 4 is 5.91 Å². The summed E-state index contributed by atoms with van der Waals surface area (Å²) in [6.45, 7) is 14.5. The van der Waals surface area contributed by atoms with Crippen molar-refractivity contribution in [2.75, 3.05) is 0 Å². The van der Waals surface area contributed by atoms with Gasteiger partial charge in [-0.25, -0.2) is 4.39 Å². The number of allylic oxidation sites excluding steroid dienone is 4. The summed E-state index contributed by atoms with van der Waals surface area (Å²) in [5, 5.41) is 2.46. The van der Waals surface area contributed by atoms with Crippen molar-refractivity contribution in [3.8, 4) is 0 Å². The summed E-state index contributed by atoms with van der Waals surface area (Å²) in [6, 6.07) is 0. The van der Waals surface area contributed by atoms with E-state index in [9.17, 15) is 9.18 Å². The molecule has 0 fully saturated rings. The molecule has 2 nitrogen and oxygen atoms in total. The smallest absolute Gasteiger partial charge is 0.247 e. The summed E-state index contributed by atoms with van der Waals surface area (Å²) in [5.74, 6) is -0.810. The van der Waals surface area contributed by atoms with E-state index in [2.05, 4.69) is 32.3 Å². The first-order chi connectivity index (χ1) is 8.42. The number of nitrogens with one attached hydrogen (secondary N) is 1. The van der Waals surface area contributed by atoms with Crippen LogP contribution in [0.2, 0.25) is 0 Å². The molecule has 0 atom stereocenters. The lowest BCUT2D eigenvalue weighted by Gasteiger charge is -2.06. The van der Waals surface area contributed by atoms with Gasteiger partial charge in [0.1, 0.15) is 5.83 Å². The number of carbonyl (C=O) groups excluding carboxylic acids is 1. The van der Waals surface area contributed by atoms with Crippen LogP contribution in [-0.4, -0.2) is 5.91 Å². The first-order valence-electron chi connectivity index (χ1n) is 6.05. The number of halogens is 1. The zero-order chi connectivity index (χ0) is 14.6. The highest BCUT2D eigenvalue weighted by molar-refractivity contribution is 5.88. The molecule has 0 aromatic rings. The lowest BCUT2D eigenvalue weighted by Crippen LogP contribution is -2.20. The Kier molecular flexibility index (Phi) is 12.3. The third kappa shape index (κ3) is 10.9. The fourth-order valence-corrected chi connectivity index (χ4v) is 0.671. The van der Waals surface area contributed by atoms with Crippen molar-refractivity contribution in [1.82, 2.24) is 5.32 Å². The van der Waals surface area contributed by atoms with Gasteiger partial charge in [0.2, 0.25) is 5.91 Å². The van der Waals surface area contributed by atoms with Crippen molar-refractivity contribution in [3.63, 3.8) is 0 Å². The monoisotopic (exact) mass is 253 g/mol. The molecule has 0 aromatic carbocycles. The molecule has 0 aliphatic heterocycles. The highest BCUT2D eigenvalue weighted by atomic mass is 19.1. The molecule has 1 N–H and O–H groups in total. The third-order valence-corrected chi connectivity index (χ3v) is 1.96. The second-order valence-corrected chi connectivity index (χ2v) is 3.71. The molecule has 0 aromatic heterocycles. The SMILES string of the molecule is C=CC(=O)N/C(=C/C(F)=C\C)C(=C)C.CCCC. The average Bonchev–Trinajstić information content (AvgIpc) is 2.37. The molecule has 0 heterocycles. The predicted octanol–water partition coefficient (Wildman–Crippen LogP) is 4.43. The predicted molar refractivity (Wildman–Crippen MR) is 76.7 cm³/mol. The van der Waals surface area contributed by atoms with Crippen LogP contribution in [0.15, 0.2) is 48.5 Å². The molecule has 0 radical (unpaired) electrons. The van der Waals surface area contributed by atoms with Gasteiger partial charge in [-0.1, -0.05) is 45.9 Å². The van der Waals surface area contributed by atoms with Crippen molar-refractivity contribution in [2.24, 2.45) is 0 Å². The van der Waals surface area contributed by atoms with Crippen LogP contribution in [0, 0.1) is 0 Å². The molecule has 0 rings (SSSR count). The largest absolute Gasteiger partial charge is 0.322 e. The first kappa shape index (κ1) is 18.7. The lowest BCUT2D eigenvalue weighted by atomic mass is 10.2. The van der Waals surface area contributed by atoms with Gasteiger partial charge in [0.15, 0.2) is 0 Å². The Balaban J connectivity index is 0. The van der Waals surface area contributed by atoms with Crippen molar-refractivity contribution in [2.45, 2.75) is 40.5 Å². The van der Waals surface area contributed by atoms with Crippen LogP contribution in [0.4, 0.5) is 4.39 Å². The molecule has 1 amide bonds. The fraction of sp³-hybridized carbons (Fsp3) is 0.400. The molecule has 3 heteroatoms. The summed E-state index contributed by atoms with van der Waals surface area (Å²) >= 11 is 0. The van der Waals surface area contributed by atoms with E-state index in [1.165, 1.54) is 25.0 Å². The van der Waals surface area contributed by atoms with E-state index in [1.807, 2.05) is 0 Å². The van der Waals surface area contributed by atoms with Gasteiger partial charge in [-0.05, 0) is 31.6 Å². The van der Waals surface area contributed by atoms with E-state index in [1.54, 1.807) is 13.8 Å². The Labute approximate surface area is 110 Å². The Hall–Kier alpha value is -1.64. The highest BCUT2D eigenvalue weighted by Gasteiger charge is 2.02. The van der Waals surface area contributed by atoms with Gasteiger partial charge in [0, 0.05) is 5.70 Å². The average molecular weight is 253 g/mol. The number of amides is 1. The van der Waals surface area contributed by atoms with Gasteiger partial charge in [0.05, 0.1) is 0 Å². The van der Waals surface area contributed by atoms with E-state index in [0.29, 0.717) is 11.3 Å². The molecular weight excluding hydrogens is 229 g/mol. The molecule has 0 bridgehead atoms. The van der Waals surface area contributed by atoms with Crippen molar-refractivity contribution in [3.05, 3.63) is 48.5 Å². The number of hydrogen-bond acceptors (Lipinski definition) is 1. The van der Waals surface area contributed by atoms with Crippen LogP contribution < -0.4 is 5.32 Å². The molecule has 0 saturated heterocycles. The summed E-state index contributed by atoms with van der Waals surface area (Å²) in [4.78, 5) is 10.9. The van der Waals surface area contributed by atoms with Gasteiger partial charge < -0.3 is 5.32 Å². The number of carbonyl (C=O) groups is 1. The minimum Gasteiger partial charge on any atom is -0.322 e. The van der Waals surface area contributed by atoms with Crippen LogP contribution in [-0.2, 0) is 4.79 Å². The van der Waals surface area contributed by atoms with E-state index >= 15 is 0 Å². The second-order valence-electron chi connectivity index (χ2n) is 3.71. The quantitative estimate of drug-likeness (QED) is 0.570. The highest BCUT2D eigenvalue weighted by Crippen LogP contribution is 2.08. The fourth-order valence-electron chi connectivity index (χ4n) is 0.671. The lowest BCUT2D eigenvalue weighted by molar-refractivity contribution is -0.115. The summed E-state index contributed by atoms with van der Waals surface area (Å²) in [5.41, 5.74) is 0.933. The Bertz CT molecular complexity index is 338. The Morgan fingerprint density at radius 3 is 2.11 bits per heavy atom. The normalized spacial score (nSPS) is 11.2. The van der Waals surface area contributed by atoms with E-state index in [0.717, 1.165) is 6.08 Å². The molecule has 102 valence electrons. The molecule has 0 aliphatic rings. The number of rotatable bonds is 5. The van der Waals surface area contributed by atoms with Gasteiger partial charge in [0.25, 0.3) is 0 Å². The van der Waals surface area contributed by atoms with E-state index in [-0.39, 0.29) is 5.91 Å². The number of hydrogen-bond donors (Lipinski definition) is 1. The van der Waals surface area contributed by atoms with Crippen molar-refractivity contribution in [1.29, 1.82) is 0 Å². The zero-order valence-corrected chi connectivity index (χ0v) is 11.8. The van der Waals surface area contributed by atoms with Gasteiger partial charge >= 0.3 is 0 Å². The Morgan fingerprint density at radius 2 is 1.83 bits per heavy atom. The van der Waals surface area contributed by atoms with Crippen LogP contribution in [0.5, 0.6) is 0 Å². The third-order valence-electron chi connectivity index (χ3n) is 1.96. The van der Waals surface area contributed by atoms with Gasteiger partial charge in [-0.15, -0.1) is 0 Å². The molecular formula is C15H24FNO. The molecule has 0 aliphatic carbocycles. The summed E-state index contributed by atoms with van der Waals surface area (Å²) in [6.07, 6.45) is 6.26. The maximum Gasteiger partial charge on any atom is 0.247 e. The van der Waals surface area contributed by atoms with E-state index < -0.39 is 5.83 Å². The van der Waals surface area contributed by atoms with Crippen molar-refractivity contribution < 1.29 is 9.18 Å². The summed E-state index contributed by atoms with van der Waals surface area (Å²) in [7, 11) is 0. The molecule has 0 unspecified atom stereocenters. The zero-order valence-electron chi connectivity index (χ0n) is 11.8. The molecule has 0 spiro atoms. The van der Waals surface area contributed by atoms with Crippen LogP contribution in [0.25, 0.3) is 0 Å². The standard InChI is InChI=1S/C11H14FNO.C4H10/c1-5-9(12)7-10(8(3)4)13-11(14)6-2;1-3-4-2/h5-7H,2-3H2,1,4H3,(H,13,14);3-4H2,1-2H3/b9-5+,10-7+;. The molecule has 0 saturated carbocycles. The first-order valence-corrected chi connectivity index (χ1v) is 6.05. The molecule has 18 heavy (non-hydrogen) atoms. The topological polar surface area (TPSA) is 29.1 Å². The minimum absolute atomic E-state index is 0.352. The Morgan fingerprint density at radius 1 is 1.33 bits per heavy atom. The van der Waals surface area contributed by atoms with Crippen LogP contribution in [0.3, 0.4) is 0 Å². The second kappa shape index (κ2) is 11.8. The maximum absolute atomic E-state index is 12.9. The van der Waals surface area contributed by atoms with E-state index in [4.69, 9.17) is 0 Å². The summed E-state index contributed by atoms with van der Waals surface area (Å²) < 4.78 is 12.9. The van der Waals surface area contributed by atoms with Crippen LogP contribution in [0.1, 0.15) is 40.5 Å². The number of unbranched alkanes of at least 4 members (excludes halogenated alkanes) is 1. The van der Waals surface area contributed by atoms with Gasteiger partial charge in [-0.3, -0.25) is 4.79 Å². The van der Waals surface area contributed by atoms with Crippen LogP contribution >= 0.6 is 0 Å².